The lowest BCUT2D eigenvalue weighted by molar-refractivity contribution is 0.160. The lowest BCUT2D eigenvalue weighted by Gasteiger charge is -2.21. The number of hydrogen-bond acceptors (Lipinski definition) is 4. The highest BCUT2D eigenvalue weighted by atomic mass is 16.5. The van der Waals surface area contributed by atoms with Gasteiger partial charge in [0.25, 0.3) is 0 Å². The molecule has 4 heteroatoms. The summed E-state index contributed by atoms with van der Waals surface area (Å²) >= 11 is 0. The molecule has 1 rings (SSSR count). The van der Waals surface area contributed by atoms with Gasteiger partial charge in [-0.05, 0) is 23.1 Å². The van der Waals surface area contributed by atoms with Crippen molar-refractivity contribution in [3.8, 4) is 11.5 Å². The van der Waals surface area contributed by atoms with Crippen LogP contribution in [0.3, 0.4) is 0 Å². The number of methoxy groups -OCH3 is 1. The molecule has 1 aromatic rings. The van der Waals surface area contributed by atoms with E-state index in [1.54, 1.807) is 0 Å². The molecule has 16 heavy (non-hydrogen) atoms. The first-order chi connectivity index (χ1) is 7.40. The predicted octanol–water partition coefficient (Wildman–Crippen LogP) is 2.18. The highest BCUT2D eigenvalue weighted by molar-refractivity contribution is 5.49. The van der Waals surface area contributed by atoms with Crippen molar-refractivity contribution in [1.29, 1.82) is 0 Å². The highest BCUT2D eigenvalue weighted by Crippen LogP contribution is 2.35. The number of phenolic OH excluding ortho intramolecular Hbond substituents is 1. The average Bonchev–Trinajstić information content (AvgIpc) is 2.19. The fourth-order valence-electron chi connectivity index (χ4n) is 1.47. The molecule has 0 aliphatic heterocycles. The number of aromatic hydroxyl groups is 1. The Morgan fingerprint density at radius 1 is 1.31 bits per heavy atom. The number of hydrogen-bond donors (Lipinski definition) is 3. The Kier molecular flexibility index (Phi) is 3.78. The maximum Gasteiger partial charge on any atom is 0.162 e. The molecule has 0 aromatic heterocycles. The quantitative estimate of drug-likeness (QED) is 0.690. The molecular formula is C12H19NO3. The molecule has 0 amide bonds. The van der Waals surface area contributed by atoms with Gasteiger partial charge in [-0.2, -0.15) is 0 Å². The van der Waals surface area contributed by atoms with Crippen LogP contribution in [0.2, 0.25) is 0 Å². The fourth-order valence-corrected chi connectivity index (χ4v) is 1.47. The largest absolute Gasteiger partial charge is 0.504 e. The normalized spacial score (nSPS) is 11.6. The minimum Gasteiger partial charge on any atom is -0.504 e. The van der Waals surface area contributed by atoms with Crippen molar-refractivity contribution in [1.82, 2.24) is 5.48 Å². The third kappa shape index (κ3) is 2.65. The van der Waals surface area contributed by atoms with Crippen LogP contribution in [0.5, 0.6) is 11.5 Å². The van der Waals surface area contributed by atoms with Crippen LogP contribution in [-0.2, 0) is 12.0 Å². The summed E-state index contributed by atoms with van der Waals surface area (Å²) in [5, 5.41) is 18.5. The van der Waals surface area contributed by atoms with Crippen molar-refractivity contribution < 1.29 is 15.1 Å². The second-order valence-corrected chi connectivity index (χ2v) is 4.77. The first kappa shape index (κ1) is 12.8. The summed E-state index contributed by atoms with van der Waals surface area (Å²) in [6, 6.07) is 3.68. The number of rotatable bonds is 3. The van der Waals surface area contributed by atoms with E-state index < -0.39 is 0 Å². The molecule has 0 fully saturated rings. The summed E-state index contributed by atoms with van der Waals surface area (Å²) in [5.74, 6) is 0.495. The maximum absolute atomic E-state index is 9.83. The van der Waals surface area contributed by atoms with Gasteiger partial charge in [0.1, 0.15) is 0 Å². The number of phenols is 1. The van der Waals surface area contributed by atoms with Gasteiger partial charge in [-0.1, -0.05) is 20.8 Å². The van der Waals surface area contributed by atoms with E-state index in [0.717, 1.165) is 5.56 Å². The van der Waals surface area contributed by atoms with E-state index in [-0.39, 0.29) is 17.7 Å². The van der Waals surface area contributed by atoms with E-state index in [1.165, 1.54) is 7.11 Å². The predicted molar refractivity (Wildman–Crippen MR) is 62.0 cm³/mol. The zero-order valence-corrected chi connectivity index (χ0v) is 10.2. The smallest absolute Gasteiger partial charge is 0.162 e. The van der Waals surface area contributed by atoms with E-state index in [4.69, 9.17) is 9.94 Å². The number of ether oxygens (including phenoxy) is 1. The fraction of sp³-hybridized carbons (Fsp3) is 0.500. The maximum atomic E-state index is 9.83. The van der Waals surface area contributed by atoms with Gasteiger partial charge in [0.2, 0.25) is 0 Å². The van der Waals surface area contributed by atoms with Crippen LogP contribution in [-0.4, -0.2) is 17.4 Å². The topological polar surface area (TPSA) is 61.7 Å². The molecule has 0 saturated heterocycles. The molecule has 0 radical (unpaired) electrons. The highest BCUT2D eigenvalue weighted by Gasteiger charge is 2.18. The lowest BCUT2D eigenvalue weighted by atomic mass is 9.85. The Morgan fingerprint density at radius 2 is 1.94 bits per heavy atom. The Hall–Kier alpha value is -1.26. The second-order valence-electron chi connectivity index (χ2n) is 4.77. The first-order valence-corrected chi connectivity index (χ1v) is 5.17. The van der Waals surface area contributed by atoms with Crippen LogP contribution in [0.15, 0.2) is 12.1 Å². The lowest BCUT2D eigenvalue weighted by Crippen LogP contribution is -2.14. The third-order valence-electron chi connectivity index (χ3n) is 2.51. The summed E-state index contributed by atoms with van der Waals surface area (Å²) in [6.07, 6.45) is 0. The molecule has 90 valence electrons. The molecule has 0 spiro atoms. The monoisotopic (exact) mass is 225 g/mol. The van der Waals surface area contributed by atoms with Crippen molar-refractivity contribution in [2.24, 2.45) is 0 Å². The van der Waals surface area contributed by atoms with Gasteiger partial charge in [-0.15, -0.1) is 0 Å². The number of hydroxylamine groups is 1. The summed E-state index contributed by atoms with van der Waals surface area (Å²) in [6.45, 7) is 6.42. The SMILES string of the molecule is COc1cc(C(C)(C)C)cc(CNO)c1O. The Balaban J connectivity index is 3.28. The second kappa shape index (κ2) is 4.72. The molecule has 1 aromatic carbocycles. The van der Waals surface area contributed by atoms with Gasteiger partial charge in [-0.25, -0.2) is 5.48 Å². The standard InChI is InChI=1S/C12H19NO3/c1-12(2,3)9-5-8(7-13-15)11(14)10(6-9)16-4/h5-6,13-15H,7H2,1-4H3. The molecule has 0 aliphatic carbocycles. The van der Waals surface area contributed by atoms with Crippen LogP contribution < -0.4 is 10.2 Å². The summed E-state index contributed by atoms with van der Waals surface area (Å²) in [5.41, 5.74) is 3.67. The summed E-state index contributed by atoms with van der Waals surface area (Å²) in [4.78, 5) is 0. The van der Waals surface area contributed by atoms with E-state index in [1.807, 2.05) is 17.6 Å². The van der Waals surface area contributed by atoms with Crippen molar-refractivity contribution in [3.63, 3.8) is 0 Å². The number of nitrogens with one attached hydrogen (secondary N) is 1. The summed E-state index contributed by atoms with van der Waals surface area (Å²) < 4.78 is 5.11. The van der Waals surface area contributed by atoms with Crippen molar-refractivity contribution >= 4 is 0 Å². The van der Waals surface area contributed by atoms with Crippen LogP contribution >= 0.6 is 0 Å². The van der Waals surface area contributed by atoms with E-state index in [9.17, 15) is 5.11 Å². The van der Waals surface area contributed by atoms with Crippen LogP contribution in [0.25, 0.3) is 0 Å². The minimum absolute atomic E-state index is 0.0365. The Labute approximate surface area is 95.8 Å². The van der Waals surface area contributed by atoms with E-state index in [2.05, 4.69) is 20.8 Å². The average molecular weight is 225 g/mol. The molecule has 3 N–H and O–H groups in total. The van der Waals surface area contributed by atoms with Crippen LogP contribution in [0, 0.1) is 0 Å². The first-order valence-electron chi connectivity index (χ1n) is 5.17. The zero-order chi connectivity index (χ0) is 12.3. The summed E-state index contributed by atoms with van der Waals surface area (Å²) in [7, 11) is 1.51. The Morgan fingerprint density at radius 3 is 2.38 bits per heavy atom. The van der Waals surface area contributed by atoms with Gasteiger partial charge in [0.05, 0.1) is 7.11 Å². The van der Waals surface area contributed by atoms with Gasteiger partial charge in [0, 0.05) is 12.1 Å². The molecule has 0 unspecified atom stereocenters. The molecular weight excluding hydrogens is 206 g/mol. The van der Waals surface area contributed by atoms with Crippen molar-refractivity contribution in [3.05, 3.63) is 23.3 Å². The van der Waals surface area contributed by atoms with Crippen molar-refractivity contribution in [2.75, 3.05) is 7.11 Å². The van der Waals surface area contributed by atoms with Gasteiger partial charge < -0.3 is 15.1 Å². The van der Waals surface area contributed by atoms with Gasteiger partial charge >= 0.3 is 0 Å². The molecule has 0 aliphatic rings. The molecule has 0 saturated carbocycles. The van der Waals surface area contributed by atoms with Gasteiger partial charge in [0.15, 0.2) is 11.5 Å². The van der Waals surface area contributed by atoms with E-state index >= 15 is 0 Å². The third-order valence-corrected chi connectivity index (χ3v) is 2.51. The molecule has 0 bridgehead atoms. The number of benzene rings is 1. The van der Waals surface area contributed by atoms with E-state index in [0.29, 0.717) is 11.3 Å². The van der Waals surface area contributed by atoms with Crippen LogP contribution in [0.4, 0.5) is 0 Å². The van der Waals surface area contributed by atoms with Crippen LogP contribution in [0.1, 0.15) is 31.9 Å². The Bertz CT molecular complexity index is 369. The molecule has 4 nitrogen and oxygen atoms in total. The molecule has 0 heterocycles. The minimum atomic E-state index is -0.0365. The zero-order valence-electron chi connectivity index (χ0n) is 10.2. The van der Waals surface area contributed by atoms with Crippen molar-refractivity contribution in [2.45, 2.75) is 32.7 Å². The van der Waals surface area contributed by atoms with Gasteiger partial charge in [-0.3, -0.25) is 0 Å². The molecule has 0 atom stereocenters.